The van der Waals surface area contributed by atoms with Crippen molar-refractivity contribution in [3.8, 4) is 11.5 Å². The molecule has 1 aromatic rings. The summed E-state index contributed by atoms with van der Waals surface area (Å²) in [4.78, 5) is 0. The third-order valence-electron chi connectivity index (χ3n) is 2.83. The largest absolute Gasteiger partial charge is 0.486 e. The first-order valence-corrected chi connectivity index (χ1v) is 6.43. The van der Waals surface area contributed by atoms with E-state index in [1.807, 2.05) is 0 Å². The minimum absolute atomic E-state index is 0.630. The maximum atomic E-state index is 5.58. The van der Waals surface area contributed by atoms with Gasteiger partial charge in [0.1, 0.15) is 13.2 Å². The van der Waals surface area contributed by atoms with Crippen LogP contribution in [-0.4, -0.2) is 19.3 Å². The third-order valence-corrected chi connectivity index (χ3v) is 3.42. The van der Waals surface area contributed by atoms with Gasteiger partial charge in [0.05, 0.1) is 4.47 Å². The first-order chi connectivity index (χ1) is 7.83. The van der Waals surface area contributed by atoms with Gasteiger partial charge >= 0.3 is 0 Å². The van der Waals surface area contributed by atoms with Crippen LogP contribution in [0.25, 0.3) is 0 Å². The number of fused-ring (bicyclic) bond motifs is 1. The number of ether oxygens (including phenoxy) is 2. The SMILES string of the molecule is Brc1cc(CNC2CC2)cc2c1OCCO2. The van der Waals surface area contributed by atoms with Crippen LogP contribution in [0.5, 0.6) is 11.5 Å². The maximum Gasteiger partial charge on any atom is 0.175 e. The van der Waals surface area contributed by atoms with E-state index in [1.54, 1.807) is 0 Å². The summed E-state index contributed by atoms with van der Waals surface area (Å²) in [6, 6.07) is 4.89. The lowest BCUT2D eigenvalue weighted by Crippen LogP contribution is -2.18. The molecule has 1 saturated carbocycles. The van der Waals surface area contributed by atoms with Gasteiger partial charge in [0, 0.05) is 12.6 Å². The van der Waals surface area contributed by atoms with Crippen molar-refractivity contribution in [2.45, 2.75) is 25.4 Å². The fraction of sp³-hybridized carbons (Fsp3) is 0.500. The van der Waals surface area contributed by atoms with Crippen LogP contribution in [0.3, 0.4) is 0 Å². The topological polar surface area (TPSA) is 30.5 Å². The molecule has 0 radical (unpaired) electrons. The highest BCUT2D eigenvalue weighted by molar-refractivity contribution is 9.10. The molecule has 0 bridgehead atoms. The molecule has 1 aromatic carbocycles. The van der Waals surface area contributed by atoms with Gasteiger partial charge in [0.15, 0.2) is 11.5 Å². The summed E-state index contributed by atoms with van der Waals surface area (Å²) in [5.41, 5.74) is 1.24. The van der Waals surface area contributed by atoms with Crippen LogP contribution < -0.4 is 14.8 Å². The molecule has 86 valence electrons. The average Bonchev–Trinajstić information content (AvgIpc) is 3.10. The van der Waals surface area contributed by atoms with Crippen molar-refractivity contribution in [3.63, 3.8) is 0 Å². The van der Waals surface area contributed by atoms with Gasteiger partial charge in [-0.3, -0.25) is 0 Å². The molecule has 0 aromatic heterocycles. The molecular formula is C12H14BrNO2. The van der Waals surface area contributed by atoms with Crippen molar-refractivity contribution >= 4 is 15.9 Å². The Kier molecular flexibility index (Phi) is 2.77. The zero-order chi connectivity index (χ0) is 11.0. The standard InChI is InChI=1S/C12H14BrNO2/c13-10-5-8(7-14-9-1-2-9)6-11-12(10)16-4-3-15-11/h5-6,9,14H,1-4,7H2. The van der Waals surface area contributed by atoms with Crippen molar-refractivity contribution < 1.29 is 9.47 Å². The second-order valence-electron chi connectivity index (χ2n) is 4.26. The molecule has 0 saturated heterocycles. The molecule has 0 atom stereocenters. The van der Waals surface area contributed by atoms with Gasteiger partial charge in [-0.25, -0.2) is 0 Å². The van der Waals surface area contributed by atoms with Gasteiger partial charge in [-0.05, 0) is 46.5 Å². The number of benzene rings is 1. The molecule has 1 aliphatic heterocycles. The molecule has 1 N–H and O–H groups in total. The number of halogens is 1. The minimum Gasteiger partial charge on any atom is -0.486 e. The lowest BCUT2D eigenvalue weighted by molar-refractivity contribution is 0.170. The van der Waals surface area contributed by atoms with Crippen LogP contribution >= 0.6 is 15.9 Å². The number of rotatable bonds is 3. The molecule has 3 nitrogen and oxygen atoms in total. The van der Waals surface area contributed by atoms with E-state index in [4.69, 9.17) is 9.47 Å². The van der Waals surface area contributed by atoms with E-state index in [1.165, 1.54) is 18.4 Å². The molecule has 3 rings (SSSR count). The highest BCUT2D eigenvalue weighted by Gasteiger charge is 2.21. The quantitative estimate of drug-likeness (QED) is 0.925. The molecule has 1 heterocycles. The second kappa shape index (κ2) is 4.26. The van der Waals surface area contributed by atoms with E-state index in [0.717, 1.165) is 28.6 Å². The van der Waals surface area contributed by atoms with Gasteiger partial charge in [0.25, 0.3) is 0 Å². The predicted octanol–water partition coefficient (Wildman–Crippen LogP) is 2.47. The Balaban J connectivity index is 1.80. The molecule has 2 aliphatic rings. The normalized spacial score (nSPS) is 18.6. The van der Waals surface area contributed by atoms with Crippen LogP contribution in [0.1, 0.15) is 18.4 Å². The summed E-state index contributed by atoms with van der Waals surface area (Å²) in [5.74, 6) is 1.69. The van der Waals surface area contributed by atoms with Gasteiger partial charge in [-0.15, -0.1) is 0 Å². The van der Waals surface area contributed by atoms with Crippen LogP contribution in [-0.2, 0) is 6.54 Å². The number of hydrogen-bond donors (Lipinski definition) is 1. The molecule has 4 heteroatoms. The summed E-state index contributed by atoms with van der Waals surface area (Å²) in [6.45, 7) is 2.17. The van der Waals surface area contributed by atoms with E-state index < -0.39 is 0 Å². The Labute approximate surface area is 103 Å². The van der Waals surface area contributed by atoms with Crippen molar-refractivity contribution in [1.82, 2.24) is 5.32 Å². The lowest BCUT2D eigenvalue weighted by atomic mass is 10.2. The van der Waals surface area contributed by atoms with E-state index in [2.05, 4.69) is 33.4 Å². The average molecular weight is 284 g/mol. The highest BCUT2D eigenvalue weighted by atomic mass is 79.9. The first-order valence-electron chi connectivity index (χ1n) is 5.64. The minimum atomic E-state index is 0.630. The Morgan fingerprint density at radius 1 is 1.25 bits per heavy atom. The van der Waals surface area contributed by atoms with Crippen LogP contribution in [0, 0.1) is 0 Å². The predicted molar refractivity (Wildman–Crippen MR) is 65.0 cm³/mol. The smallest absolute Gasteiger partial charge is 0.175 e. The molecule has 0 spiro atoms. The van der Waals surface area contributed by atoms with Crippen LogP contribution in [0.4, 0.5) is 0 Å². The van der Waals surface area contributed by atoms with Crippen LogP contribution in [0.2, 0.25) is 0 Å². The molecule has 1 fully saturated rings. The van der Waals surface area contributed by atoms with Crippen molar-refractivity contribution in [2.24, 2.45) is 0 Å². The lowest BCUT2D eigenvalue weighted by Gasteiger charge is -2.20. The Morgan fingerprint density at radius 2 is 2.06 bits per heavy atom. The molecule has 16 heavy (non-hydrogen) atoms. The molecule has 0 amide bonds. The van der Waals surface area contributed by atoms with E-state index in [9.17, 15) is 0 Å². The fourth-order valence-corrected chi connectivity index (χ4v) is 2.42. The number of hydrogen-bond acceptors (Lipinski definition) is 3. The van der Waals surface area contributed by atoms with E-state index >= 15 is 0 Å². The fourth-order valence-electron chi connectivity index (χ4n) is 1.82. The van der Waals surface area contributed by atoms with Gasteiger partial charge in [0.2, 0.25) is 0 Å². The number of nitrogens with one attached hydrogen (secondary N) is 1. The van der Waals surface area contributed by atoms with Gasteiger partial charge < -0.3 is 14.8 Å². The molecule has 0 unspecified atom stereocenters. The van der Waals surface area contributed by atoms with Crippen molar-refractivity contribution in [2.75, 3.05) is 13.2 Å². The highest BCUT2D eigenvalue weighted by Crippen LogP contribution is 2.38. The summed E-state index contributed by atoms with van der Waals surface area (Å²) in [5, 5.41) is 3.49. The van der Waals surface area contributed by atoms with Gasteiger partial charge in [-0.1, -0.05) is 0 Å². The summed E-state index contributed by atoms with van der Waals surface area (Å²) in [6.07, 6.45) is 2.62. The Morgan fingerprint density at radius 3 is 2.88 bits per heavy atom. The maximum absolute atomic E-state index is 5.58. The summed E-state index contributed by atoms with van der Waals surface area (Å²) < 4.78 is 12.1. The van der Waals surface area contributed by atoms with E-state index in [-0.39, 0.29) is 0 Å². The van der Waals surface area contributed by atoms with E-state index in [0.29, 0.717) is 13.2 Å². The Hall–Kier alpha value is -0.740. The zero-order valence-corrected chi connectivity index (χ0v) is 10.5. The van der Waals surface area contributed by atoms with Gasteiger partial charge in [-0.2, -0.15) is 0 Å². The third kappa shape index (κ3) is 2.18. The van der Waals surface area contributed by atoms with Crippen LogP contribution in [0.15, 0.2) is 16.6 Å². The summed E-state index contributed by atoms with van der Waals surface area (Å²) in [7, 11) is 0. The van der Waals surface area contributed by atoms with Crippen molar-refractivity contribution in [1.29, 1.82) is 0 Å². The monoisotopic (exact) mass is 283 g/mol. The molecular weight excluding hydrogens is 270 g/mol. The van der Waals surface area contributed by atoms with Crippen molar-refractivity contribution in [3.05, 3.63) is 22.2 Å². The zero-order valence-electron chi connectivity index (χ0n) is 8.96. The molecule has 1 aliphatic carbocycles. The first kappa shape index (κ1) is 10.4. The summed E-state index contributed by atoms with van der Waals surface area (Å²) >= 11 is 3.52. The second-order valence-corrected chi connectivity index (χ2v) is 5.11. The Bertz CT molecular complexity index is 404.